The minimum Gasteiger partial charge on any atom is -0.394 e. The number of nitrogens with one attached hydrogen (secondary N) is 1. The molecule has 21 heavy (non-hydrogen) atoms. The van der Waals surface area contributed by atoms with Crippen LogP contribution < -0.4 is 5.32 Å². The van der Waals surface area contributed by atoms with Crippen LogP contribution in [0.3, 0.4) is 0 Å². The lowest BCUT2D eigenvalue weighted by Gasteiger charge is -2.30. The van der Waals surface area contributed by atoms with Crippen LogP contribution in [0.25, 0.3) is 10.8 Å². The average Bonchev–Trinajstić information content (AvgIpc) is 2.53. The first kappa shape index (κ1) is 15.7. The summed E-state index contributed by atoms with van der Waals surface area (Å²) in [6.45, 7) is 3.79. The van der Waals surface area contributed by atoms with Crippen molar-refractivity contribution in [2.45, 2.75) is 32.2 Å². The Kier molecular flexibility index (Phi) is 4.80. The van der Waals surface area contributed by atoms with Gasteiger partial charge in [0.15, 0.2) is 0 Å². The van der Waals surface area contributed by atoms with Gasteiger partial charge >= 0.3 is 0 Å². The molecule has 0 fully saturated rings. The molecule has 112 valence electrons. The summed E-state index contributed by atoms with van der Waals surface area (Å²) in [6.07, 6.45) is 2.79. The number of carbonyl (C=O) groups is 1. The Morgan fingerprint density at radius 1 is 1.29 bits per heavy atom. The number of amides is 1. The number of benzene rings is 1. The van der Waals surface area contributed by atoms with Crippen molar-refractivity contribution in [1.82, 2.24) is 10.3 Å². The van der Waals surface area contributed by atoms with Crippen LogP contribution in [-0.4, -0.2) is 28.1 Å². The number of hydrogen-bond donors (Lipinski definition) is 2. The SMILES string of the molecule is CCC(CC)(CO)NC(=O)c1cnc(Cl)c2ccccc12. The second kappa shape index (κ2) is 6.41. The molecule has 0 aliphatic heterocycles. The maximum absolute atomic E-state index is 12.6. The van der Waals surface area contributed by atoms with Gasteiger partial charge in [0.1, 0.15) is 5.15 Å². The second-order valence-corrected chi connectivity index (χ2v) is 5.47. The number of aromatic nitrogens is 1. The van der Waals surface area contributed by atoms with E-state index in [4.69, 9.17) is 11.6 Å². The number of aliphatic hydroxyl groups is 1. The summed E-state index contributed by atoms with van der Waals surface area (Å²) >= 11 is 6.07. The minimum absolute atomic E-state index is 0.0926. The van der Waals surface area contributed by atoms with Crippen molar-refractivity contribution in [3.63, 3.8) is 0 Å². The fourth-order valence-corrected chi connectivity index (χ4v) is 2.55. The average molecular weight is 307 g/mol. The van der Waals surface area contributed by atoms with Gasteiger partial charge in [-0.25, -0.2) is 4.98 Å². The van der Waals surface area contributed by atoms with Crippen LogP contribution in [-0.2, 0) is 0 Å². The molecular weight excluding hydrogens is 288 g/mol. The zero-order valence-corrected chi connectivity index (χ0v) is 12.9. The van der Waals surface area contributed by atoms with Crippen LogP contribution >= 0.6 is 11.6 Å². The van der Waals surface area contributed by atoms with Gasteiger partial charge in [-0.2, -0.15) is 0 Å². The molecule has 0 unspecified atom stereocenters. The van der Waals surface area contributed by atoms with Crippen LogP contribution in [0.2, 0.25) is 5.15 Å². The third-order valence-corrected chi connectivity index (χ3v) is 4.33. The summed E-state index contributed by atoms with van der Waals surface area (Å²) in [4.78, 5) is 16.6. The van der Waals surface area contributed by atoms with Crippen molar-refractivity contribution in [3.05, 3.63) is 41.2 Å². The van der Waals surface area contributed by atoms with E-state index in [2.05, 4.69) is 10.3 Å². The maximum atomic E-state index is 12.6. The highest BCUT2D eigenvalue weighted by atomic mass is 35.5. The second-order valence-electron chi connectivity index (χ2n) is 5.11. The largest absolute Gasteiger partial charge is 0.394 e. The third-order valence-electron chi connectivity index (χ3n) is 4.03. The summed E-state index contributed by atoms with van der Waals surface area (Å²) in [5.74, 6) is -0.242. The molecule has 0 aliphatic carbocycles. The molecule has 2 aromatic rings. The van der Waals surface area contributed by atoms with Crippen molar-refractivity contribution in [3.8, 4) is 0 Å². The topological polar surface area (TPSA) is 62.2 Å². The maximum Gasteiger partial charge on any atom is 0.253 e. The molecule has 0 bridgehead atoms. The molecule has 0 spiro atoms. The fraction of sp³-hybridized carbons (Fsp3) is 0.375. The number of carbonyl (C=O) groups excluding carboxylic acids is 1. The Bertz CT molecular complexity index is 646. The first-order valence-corrected chi connectivity index (χ1v) is 7.41. The molecule has 1 aromatic heterocycles. The van der Waals surface area contributed by atoms with Gasteiger partial charge in [0.05, 0.1) is 17.7 Å². The van der Waals surface area contributed by atoms with E-state index in [9.17, 15) is 9.90 Å². The first-order valence-electron chi connectivity index (χ1n) is 7.03. The molecule has 2 N–H and O–H groups in total. The number of aliphatic hydroxyl groups excluding tert-OH is 1. The Morgan fingerprint density at radius 2 is 1.90 bits per heavy atom. The van der Waals surface area contributed by atoms with E-state index in [1.54, 1.807) is 0 Å². The predicted molar refractivity (Wildman–Crippen MR) is 84.6 cm³/mol. The van der Waals surface area contributed by atoms with E-state index < -0.39 is 5.54 Å². The molecule has 4 nitrogen and oxygen atoms in total. The smallest absolute Gasteiger partial charge is 0.253 e. The molecule has 0 atom stereocenters. The zero-order chi connectivity index (χ0) is 15.5. The molecule has 5 heteroatoms. The summed E-state index contributed by atoms with van der Waals surface area (Å²) in [7, 11) is 0. The summed E-state index contributed by atoms with van der Waals surface area (Å²) in [5.41, 5.74) is -0.132. The Hall–Kier alpha value is -1.65. The van der Waals surface area contributed by atoms with Gasteiger partial charge < -0.3 is 10.4 Å². The first-order chi connectivity index (χ1) is 10.1. The zero-order valence-electron chi connectivity index (χ0n) is 12.2. The Labute approximate surface area is 129 Å². The monoisotopic (exact) mass is 306 g/mol. The lowest BCUT2D eigenvalue weighted by molar-refractivity contribution is 0.0819. The van der Waals surface area contributed by atoms with E-state index in [0.717, 1.165) is 10.8 Å². The van der Waals surface area contributed by atoms with Crippen molar-refractivity contribution in [2.75, 3.05) is 6.61 Å². The predicted octanol–water partition coefficient (Wildman–Crippen LogP) is 3.17. The minimum atomic E-state index is -0.599. The van der Waals surface area contributed by atoms with Gasteiger partial charge in [-0.1, -0.05) is 49.7 Å². The standard InChI is InChI=1S/C16H19ClN2O2/c1-3-16(4-2,10-20)19-15(21)13-9-18-14(17)12-8-6-5-7-11(12)13/h5-9,20H,3-4,10H2,1-2H3,(H,19,21). The normalized spacial score (nSPS) is 11.6. The molecule has 1 amide bonds. The van der Waals surface area contributed by atoms with Crippen molar-refractivity contribution < 1.29 is 9.90 Å². The molecule has 1 aromatic carbocycles. The Balaban J connectivity index is 2.43. The molecule has 0 saturated heterocycles. The van der Waals surface area contributed by atoms with Crippen molar-refractivity contribution in [2.24, 2.45) is 0 Å². The molecular formula is C16H19ClN2O2. The van der Waals surface area contributed by atoms with Crippen molar-refractivity contribution >= 4 is 28.3 Å². The van der Waals surface area contributed by atoms with Gasteiger partial charge in [-0.3, -0.25) is 4.79 Å². The lowest BCUT2D eigenvalue weighted by atomic mass is 9.93. The van der Waals surface area contributed by atoms with Gasteiger partial charge in [0.2, 0.25) is 0 Å². The molecule has 0 saturated carbocycles. The third kappa shape index (κ3) is 3.01. The number of halogens is 1. The molecule has 1 heterocycles. The molecule has 0 radical (unpaired) electrons. The highest BCUT2D eigenvalue weighted by Gasteiger charge is 2.28. The quantitative estimate of drug-likeness (QED) is 0.834. The van der Waals surface area contributed by atoms with Crippen molar-refractivity contribution in [1.29, 1.82) is 0 Å². The summed E-state index contributed by atoms with van der Waals surface area (Å²) in [6, 6.07) is 7.39. The summed E-state index contributed by atoms with van der Waals surface area (Å²) in [5, 5.41) is 14.4. The number of nitrogens with zero attached hydrogens (tertiary/aromatic N) is 1. The number of pyridine rings is 1. The van der Waals surface area contributed by atoms with Crippen LogP contribution in [0, 0.1) is 0 Å². The molecule has 2 rings (SSSR count). The van der Waals surface area contributed by atoms with Gasteiger partial charge in [-0.05, 0) is 18.2 Å². The van der Waals surface area contributed by atoms with Crippen LogP contribution in [0.4, 0.5) is 0 Å². The van der Waals surface area contributed by atoms with Gasteiger partial charge in [-0.15, -0.1) is 0 Å². The van der Waals surface area contributed by atoms with Gasteiger partial charge in [0, 0.05) is 11.6 Å². The van der Waals surface area contributed by atoms with E-state index in [1.807, 2.05) is 38.1 Å². The fourth-order valence-electron chi connectivity index (χ4n) is 2.34. The Morgan fingerprint density at radius 3 is 2.48 bits per heavy atom. The lowest BCUT2D eigenvalue weighted by Crippen LogP contribution is -2.50. The van der Waals surface area contributed by atoms with Crippen LogP contribution in [0.15, 0.2) is 30.5 Å². The summed E-state index contributed by atoms with van der Waals surface area (Å²) < 4.78 is 0. The highest BCUT2D eigenvalue weighted by Crippen LogP contribution is 2.25. The van der Waals surface area contributed by atoms with E-state index >= 15 is 0 Å². The van der Waals surface area contributed by atoms with E-state index in [-0.39, 0.29) is 12.5 Å². The number of hydrogen-bond acceptors (Lipinski definition) is 3. The van der Waals surface area contributed by atoms with Gasteiger partial charge in [0.25, 0.3) is 5.91 Å². The van der Waals surface area contributed by atoms with E-state index in [0.29, 0.717) is 23.6 Å². The number of fused-ring (bicyclic) bond motifs is 1. The molecule has 0 aliphatic rings. The van der Waals surface area contributed by atoms with Crippen LogP contribution in [0.5, 0.6) is 0 Å². The number of rotatable bonds is 5. The van der Waals surface area contributed by atoms with E-state index in [1.165, 1.54) is 6.20 Å². The highest BCUT2D eigenvalue weighted by molar-refractivity contribution is 6.34. The van der Waals surface area contributed by atoms with Crippen LogP contribution in [0.1, 0.15) is 37.0 Å².